The van der Waals surface area contributed by atoms with Crippen molar-refractivity contribution in [2.45, 2.75) is 37.6 Å². The molecule has 5 amide bonds. The third-order valence-corrected chi connectivity index (χ3v) is 3.22. The van der Waals surface area contributed by atoms with Gasteiger partial charge < -0.3 is 37.0 Å². The summed E-state index contributed by atoms with van der Waals surface area (Å²) in [6.07, 6.45) is -2.09. The summed E-state index contributed by atoms with van der Waals surface area (Å²) in [4.78, 5) is 57.5. The smallest absolute Gasteiger partial charge is 0.328 e. The molecule has 27 heavy (non-hydrogen) atoms. The molecule has 0 saturated carbocycles. The van der Waals surface area contributed by atoms with Crippen LogP contribution in [0.2, 0.25) is 0 Å². The number of carbonyl (C=O) groups is 5. The number of nitrogens with one attached hydrogen (secondary N) is 5. The number of nitrogens with two attached hydrogens (primary N) is 1. The molecule has 154 valence electrons. The van der Waals surface area contributed by atoms with Crippen molar-refractivity contribution in [3.8, 4) is 0 Å². The molecular formula is C13H24N6O8. The van der Waals surface area contributed by atoms with E-state index in [0.29, 0.717) is 0 Å². The van der Waals surface area contributed by atoms with E-state index in [1.54, 1.807) is 0 Å². The van der Waals surface area contributed by atoms with E-state index in [-0.39, 0.29) is 0 Å². The minimum absolute atomic E-state index is 0.556. The molecule has 0 radical (unpaired) electrons. The molecule has 0 saturated heterocycles. The number of hydrogen-bond donors (Lipinski definition) is 9. The summed E-state index contributed by atoms with van der Waals surface area (Å²) in [6.45, 7) is 0.570. The van der Waals surface area contributed by atoms with E-state index in [0.717, 1.165) is 6.92 Å². The third kappa shape index (κ3) is 8.80. The molecule has 0 rings (SSSR count). The Morgan fingerprint density at radius 1 is 1.00 bits per heavy atom. The zero-order valence-electron chi connectivity index (χ0n) is 14.7. The molecular weight excluding hydrogens is 368 g/mol. The van der Waals surface area contributed by atoms with Crippen LogP contribution in [0.3, 0.4) is 0 Å². The minimum atomic E-state index is -1.66. The Kier molecular flexibility index (Phi) is 10.3. The molecule has 0 aliphatic rings. The van der Waals surface area contributed by atoms with Crippen LogP contribution in [-0.2, 0) is 19.2 Å². The lowest BCUT2D eigenvalue weighted by molar-refractivity contribution is -0.141. The summed E-state index contributed by atoms with van der Waals surface area (Å²) in [7, 11) is 1.39. The number of likely N-dealkylation sites (N-methyl/N-ethyl adjacent to an activating group) is 1. The summed E-state index contributed by atoms with van der Waals surface area (Å²) in [6, 6.07) is -5.39. The summed E-state index contributed by atoms with van der Waals surface area (Å²) in [5.41, 5.74) is 8.90. The lowest BCUT2D eigenvalue weighted by Crippen LogP contribution is -2.59. The topological polar surface area (TPSA) is 232 Å². The zero-order valence-corrected chi connectivity index (χ0v) is 14.7. The average Bonchev–Trinajstić information content (AvgIpc) is 2.57. The van der Waals surface area contributed by atoms with E-state index in [9.17, 15) is 29.1 Å². The fraction of sp³-hybridized carbons (Fsp3) is 0.615. The molecule has 0 aromatic rings. The van der Waals surface area contributed by atoms with Crippen molar-refractivity contribution in [2.24, 2.45) is 5.73 Å². The van der Waals surface area contributed by atoms with Crippen LogP contribution < -0.4 is 32.5 Å². The molecule has 4 atom stereocenters. The Bertz CT molecular complexity index is 565. The summed E-state index contributed by atoms with van der Waals surface area (Å²) < 4.78 is 0. The van der Waals surface area contributed by atoms with Crippen LogP contribution in [-0.4, -0.2) is 82.9 Å². The van der Waals surface area contributed by atoms with Gasteiger partial charge in [-0.05, 0) is 14.0 Å². The molecule has 14 nitrogen and oxygen atoms in total. The Morgan fingerprint density at radius 2 is 1.52 bits per heavy atom. The van der Waals surface area contributed by atoms with Crippen molar-refractivity contribution in [3.05, 3.63) is 0 Å². The van der Waals surface area contributed by atoms with Crippen LogP contribution in [0.4, 0.5) is 4.79 Å². The van der Waals surface area contributed by atoms with Gasteiger partial charge in [-0.1, -0.05) is 0 Å². The SMILES string of the molecule is CN[C@@H](CO)C(=O)NNC(=O)[C@H](CC(N)=O)NC(=O)N[C@H](C(=O)O)C(C)O. The van der Waals surface area contributed by atoms with Crippen molar-refractivity contribution in [2.75, 3.05) is 13.7 Å². The number of amides is 5. The number of hydrogen-bond acceptors (Lipinski definition) is 8. The first-order chi connectivity index (χ1) is 12.5. The quantitative estimate of drug-likeness (QED) is 0.162. The van der Waals surface area contributed by atoms with Gasteiger partial charge in [0.05, 0.1) is 19.1 Å². The van der Waals surface area contributed by atoms with Gasteiger partial charge in [0.15, 0.2) is 6.04 Å². The van der Waals surface area contributed by atoms with Gasteiger partial charge in [0, 0.05) is 0 Å². The number of carboxylic acids is 1. The van der Waals surface area contributed by atoms with Gasteiger partial charge in [-0.3, -0.25) is 25.2 Å². The maximum absolute atomic E-state index is 12.0. The maximum Gasteiger partial charge on any atom is 0.328 e. The normalized spacial score (nSPS) is 14.8. The van der Waals surface area contributed by atoms with E-state index < -0.39 is 67.0 Å². The highest BCUT2D eigenvalue weighted by Crippen LogP contribution is 1.96. The number of carbonyl (C=O) groups excluding carboxylic acids is 4. The Hall–Kier alpha value is -2.97. The van der Waals surface area contributed by atoms with Crippen LogP contribution in [0.5, 0.6) is 0 Å². The minimum Gasteiger partial charge on any atom is -0.480 e. The number of urea groups is 1. The second-order valence-electron chi connectivity index (χ2n) is 5.40. The summed E-state index contributed by atoms with van der Waals surface area (Å²) >= 11 is 0. The number of rotatable bonds is 10. The molecule has 0 aliphatic carbocycles. The van der Waals surface area contributed by atoms with Crippen molar-refractivity contribution in [1.82, 2.24) is 26.8 Å². The van der Waals surface area contributed by atoms with Crippen LogP contribution in [0.15, 0.2) is 0 Å². The van der Waals surface area contributed by atoms with Gasteiger partial charge in [-0.2, -0.15) is 0 Å². The highest BCUT2D eigenvalue weighted by Gasteiger charge is 2.28. The molecule has 0 heterocycles. The highest BCUT2D eigenvalue weighted by molar-refractivity contribution is 5.93. The zero-order chi connectivity index (χ0) is 21.1. The molecule has 0 aromatic carbocycles. The maximum atomic E-state index is 12.0. The fourth-order valence-electron chi connectivity index (χ4n) is 1.74. The third-order valence-electron chi connectivity index (χ3n) is 3.22. The van der Waals surface area contributed by atoms with Gasteiger partial charge in [-0.25, -0.2) is 9.59 Å². The van der Waals surface area contributed by atoms with Crippen LogP contribution >= 0.6 is 0 Å². The lowest BCUT2D eigenvalue weighted by Gasteiger charge is -2.21. The van der Waals surface area contributed by atoms with Crippen molar-refractivity contribution in [1.29, 1.82) is 0 Å². The van der Waals surface area contributed by atoms with E-state index in [1.165, 1.54) is 7.05 Å². The number of hydrazine groups is 1. The molecule has 10 N–H and O–H groups in total. The van der Waals surface area contributed by atoms with Gasteiger partial charge in [-0.15, -0.1) is 0 Å². The average molecular weight is 392 g/mol. The lowest BCUT2D eigenvalue weighted by atomic mass is 10.1. The molecule has 0 aliphatic heterocycles. The first-order valence-corrected chi connectivity index (χ1v) is 7.67. The number of primary amides is 1. The molecule has 0 aromatic heterocycles. The molecule has 1 unspecified atom stereocenters. The molecule has 14 heteroatoms. The Balaban J connectivity index is 4.93. The standard InChI is InChI=1S/C13H24N6O8/c1-5(21)9(12(25)26)17-13(27)16-6(3-8(14)22)10(23)18-19-11(24)7(4-20)15-2/h5-7,9,15,20-21H,3-4H2,1-2H3,(H2,14,22)(H,18,23)(H,19,24)(H,25,26)(H2,16,17,27)/t5?,6-,7-,9-/m0/s1. The number of aliphatic hydroxyl groups excluding tert-OH is 2. The van der Waals surface area contributed by atoms with Crippen molar-refractivity contribution in [3.63, 3.8) is 0 Å². The van der Waals surface area contributed by atoms with E-state index in [2.05, 4.69) is 5.32 Å². The predicted octanol–water partition coefficient (Wildman–Crippen LogP) is -4.91. The van der Waals surface area contributed by atoms with Crippen LogP contribution in [0, 0.1) is 0 Å². The van der Waals surface area contributed by atoms with Crippen molar-refractivity contribution < 1.29 is 39.3 Å². The first-order valence-electron chi connectivity index (χ1n) is 7.67. The molecule has 0 spiro atoms. The van der Waals surface area contributed by atoms with Crippen LogP contribution in [0.1, 0.15) is 13.3 Å². The fourth-order valence-corrected chi connectivity index (χ4v) is 1.74. The Labute approximate surface area is 153 Å². The first kappa shape index (κ1) is 24.0. The van der Waals surface area contributed by atoms with E-state index >= 15 is 0 Å². The van der Waals surface area contributed by atoms with E-state index in [1.807, 2.05) is 21.5 Å². The monoisotopic (exact) mass is 392 g/mol. The number of aliphatic carboxylic acids is 1. The second-order valence-corrected chi connectivity index (χ2v) is 5.40. The largest absolute Gasteiger partial charge is 0.480 e. The highest BCUT2D eigenvalue weighted by atomic mass is 16.4. The van der Waals surface area contributed by atoms with Crippen LogP contribution in [0.25, 0.3) is 0 Å². The molecule has 0 bridgehead atoms. The van der Waals surface area contributed by atoms with Crippen molar-refractivity contribution >= 4 is 29.7 Å². The predicted molar refractivity (Wildman–Crippen MR) is 88.6 cm³/mol. The second kappa shape index (κ2) is 11.6. The van der Waals surface area contributed by atoms with Gasteiger partial charge in [0.1, 0.15) is 12.1 Å². The summed E-state index contributed by atoms with van der Waals surface area (Å²) in [5.74, 6) is -4.31. The van der Waals surface area contributed by atoms with Gasteiger partial charge in [0.25, 0.3) is 11.8 Å². The van der Waals surface area contributed by atoms with Gasteiger partial charge >= 0.3 is 12.0 Å². The number of aliphatic hydroxyl groups is 2. The Morgan fingerprint density at radius 3 is 1.89 bits per heavy atom. The number of carboxylic acid groups (broad SMARTS) is 1. The summed E-state index contributed by atoms with van der Waals surface area (Å²) in [5, 5.41) is 33.6. The molecule has 0 fully saturated rings. The van der Waals surface area contributed by atoms with E-state index in [4.69, 9.17) is 15.9 Å². The van der Waals surface area contributed by atoms with Gasteiger partial charge in [0.2, 0.25) is 5.91 Å².